The first-order valence-corrected chi connectivity index (χ1v) is 3.00. The fraction of sp³-hybridized carbons (Fsp3) is 1.00. The van der Waals surface area contributed by atoms with Crippen LogP contribution in [-0.4, -0.2) is 17.6 Å². The molecule has 0 heterocycles. The van der Waals surface area contributed by atoms with Gasteiger partial charge in [-0.15, -0.1) is 12.4 Å². The van der Waals surface area contributed by atoms with Gasteiger partial charge in [-0.2, -0.15) is 4.89 Å². The van der Waals surface area contributed by atoms with Crippen LogP contribution in [0.25, 0.3) is 0 Å². The zero-order valence-corrected chi connectivity index (χ0v) is 5.41. The molecule has 0 aliphatic carbocycles. The topological polar surface area (TPSA) is 63.3 Å². The molecule has 7 heavy (non-hydrogen) atoms. The van der Waals surface area contributed by atoms with Crippen LogP contribution in [0.1, 0.15) is 0 Å². The van der Waals surface area contributed by atoms with Crippen LogP contribution in [0.15, 0.2) is 0 Å². The molecule has 1 atom stereocenters. The third kappa shape index (κ3) is 10.7. The van der Waals surface area contributed by atoms with Crippen molar-refractivity contribution in [2.24, 2.45) is 5.73 Å². The molecule has 0 aliphatic heterocycles. The number of nitrogens with two attached hydrogens (primary N) is 1. The van der Waals surface area contributed by atoms with Crippen molar-refractivity contribution in [3.63, 3.8) is 0 Å². The standard InChI is InChI=1S/C2H6NO2P.ClH/c3-1-2-6(4)5;/h1-3H2;1H/p+1. The summed E-state index contributed by atoms with van der Waals surface area (Å²) < 4.78 is 9.67. The third-order valence-corrected chi connectivity index (χ3v) is 0.961. The van der Waals surface area contributed by atoms with Crippen molar-refractivity contribution >= 4 is 20.4 Å². The van der Waals surface area contributed by atoms with Gasteiger partial charge in [0.25, 0.3) is 0 Å². The maximum atomic E-state index is 9.67. The van der Waals surface area contributed by atoms with Crippen LogP contribution in [0.4, 0.5) is 0 Å². The Morgan fingerprint density at radius 2 is 2.14 bits per heavy atom. The summed E-state index contributed by atoms with van der Waals surface area (Å²) >= 11 is 0. The van der Waals surface area contributed by atoms with E-state index in [2.05, 4.69) is 0 Å². The molecular weight excluding hydrogens is 136 g/mol. The number of hydrogen-bond donors (Lipinski definition) is 2. The molecule has 0 radical (unpaired) electrons. The van der Waals surface area contributed by atoms with Crippen LogP contribution in [0.2, 0.25) is 0 Å². The van der Waals surface area contributed by atoms with Crippen LogP contribution in [0.5, 0.6) is 0 Å². The average Bonchev–Trinajstić information content (AvgIpc) is 1.35. The van der Waals surface area contributed by atoms with E-state index in [1.807, 2.05) is 0 Å². The highest BCUT2D eigenvalue weighted by Crippen LogP contribution is 2.08. The van der Waals surface area contributed by atoms with Gasteiger partial charge in [0.1, 0.15) is 0 Å². The molecule has 0 aromatic heterocycles. The Kier molecular flexibility index (Phi) is 9.31. The highest BCUT2D eigenvalue weighted by molar-refractivity contribution is 7.38. The molecule has 0 aromatic rings. The zero-order chi connectivity index (χ0) is 4.99. The molecule has 3 N–H and O–H groups in total. The van der Waals surface area contributed by atoms with Gasteiger partial charge in [0.05, 0.1) is 0 Å². The monoisotopic (exact) mass is 144 g/mol. The summed E-state index contributed by atoms with van der Waals surface area (Å²) in [4.78, 5) is 7.98. The van der Waals surface area contributed by atoms with Crippen LogP contribution in [-0.2, 0) is 4.57 Å². The van der Waals surface area contributed by atoms with Crippen molar-refractivity contribution in [3.8, 4) is 0 Å². The first kappa shape index (κ1) is 10.3. The van der Waals surface area contributed by atoms with Gasteiger partial charge in [0, 0.05) is 6.54 Å². The fourth-order valence-corrected chi connectivity index (χ4v) is 0.331. The maximum Gasteiger partial charge on any atom is 0.506 e. The molecule has 0 bridgehead atoms. The van der Waals surface area contributed by atoms with Crippen molar-refractivity contribution in [1.82, 2.24) is 0 Å². The van der Waals surface area contributed by atoms with Gasteiger partial charge in [-0.3, -0.25) is 0 Å². The maximum absolute atomic E-state index is 9.67. The molecule has 3 nitrogen and oxygen atoms in total. The van der Waals surface area contributed by atoms with E-state index in [4.69, 9.17) is 10.6 Å². The molecule has 1 unspecified atom stereocenters. The Morgan fingerprint density at radius 3 is 2.14 bits per heavy atom. The third-order valence-electron chi connectivity index (χ3n) is 0.320. The first-order valence-electron chi connectivity index (χ1n) is 1.61. The van der Waals surface area contributed by atoms with Gasteiger partial charge in [-0.25, -0.2) is 0 Å². The van der Waals surface area contributed by atoms with E-state index >= 15 is 0 Å². The minimum Gasteiger partial charge on any atom is -0.327 e. The largest absolute Gasteiger partial charge is 0.506 e. The first-order chi connectivity index (χ1) is 2.77. The lowest BCUT2D eigenvalue weighted by molar-refractivity contribution is 0.503. The molecule has 0 rings (SSSR count). The number of hydrogen-bond acceptors (Lipinski definition) is 2. The van der Waals surface area contributed by atoms with Gasteiger partial charge in [-0.05, 0) is 4.57 Å². The second-order valence-corrected chi connectivity index (χ2v) is 2.02. The van der Waals surface area contributed by atoms with Gasteiger partial charge < -0.3 is 5.73 Å². The second kappa shape index (κ2) is 6.31. The summed E-state index contributed by atoms with van der Waals surface area (Å²) in [5, 5.41) is 0. The van der Waals surface area contributed by atoms with Gasteiger partial charge in [-0.1, -0.05) is 0 Å². The SMILES string of the molecule is Cl.NCC[P+](=O)O. The molecule has 0 fully saturated rings. The van der Waals surface area contributed by atoms with E-state index in [1.165, 1.54) is 0 Å². The fourth-order valence-electron chi connectivity index (χ4n) is 0.110. The Hall–Kier alpha value is 0.310. The lowest BCUT2D eigenvalue weighted by Gasteiger charge is -1.67. The van der Waals surface area contributed by atoms with Gasteiger partial charge in [0.15, 0.2) is 6.16 Å². The molecule has 0 saturated heterocycles. The minimum atomic E-state index is -1.98. The Labute approximate surface area is 49.2 Å². The smallest absolute Gasteiger partial charge is 0.327 e. The minimum absolute atomic E-state index is 0. The molecule has 44 valence electrons. The van der Waals surface area contributed by atoms with Gasteiger partial charge >= 0.3 is 8.03 Å². The quantitative estimate of drug-likeness (QED) is 0.541. The Morgan fingerprint density at radius 1 is 1.71 bits per heavy atom. The summed E-state index contributed by atoms with van der Waals surface area (Å²) in [6.07, 6.45) is 0.218. The van der Waals surface area contributed by atoms with E-state index in [-0.39, 0.29) is 18.6 Å². The summed E-state index contributed by atoms with van der Waals surface area (Å²) in [7, 11) is -1.98. The van der Waals surface area contributed by atoms with Crippen LogP contribution in [0, 0.1) is 0 Å². The van der Waals surface area contributed by atoms with E-state index in [9.17, 15) is 4.57 Å². The van der Waals surface area contributed by atoms with Crippen LogP contribution >= 0.6 is 20.4 Å². The highest BCUT2D eigenvalue weighted by Gasteiger charge is 2.04. The van der Waals surface area contributed by atoms with E-state index in [0.29, 0.717) is 6.54 Å². The molecule has 0 aromatic carbocycles. The predicted octanol–water partition coefficient (Wildman–Crippen LogP) is 0.102. The molecule has 0 amide bonds. The molecule has 0 aliphatic rings. The van der Waals surface area contributed by atoms with Crippen molar-refractivity contribution in [3.05, 3.63) is 0 Å². The van der Waals surface area contributed by atoms with Gasteiger partial charge in [0.2, 0.25) is 0 Å². The van der Waals surface area contributed by atoms with Crippen molar-refractivity contribution in [2.75, 3.05) is 12.7 Å². The van der Waals surface area contributed by atoms with Crippen LogP contribution < -0.4 is 5.73 Å². The van der Waals surface area contributed by atoms with E-state index in [1.54, 1.807) is 0 Å². The lowest BCUT2D eigenvalue weighted by Crippen LogP contribution is -2.00. The van der Waals surface area contributed by atoms with Crippen molar-refractivity contribution in [2.45, 2.75) is 0 Å². The van der Waals surface area contributed by atoms with Crippen LogP contribution in [0.3, 0.4) is 0 Å². The Bertz CT molecular complexity index is 59.7. The zero-order valence-electron chi connectivity index (χ0n) is 3.70. The molecular formula is C2H8ClNO2P+. The summed E-state index contributed by atoms with van der Waals surface area (Å²) in [5.74, 6) is 0. The summed E-state index contributed by atoms with van der Waals surface area (Å²) in [6.45, 7) is 0.297. The molecule has 5 heteroatoms. The van der Waals surface area contributed by atoms with Crippen molar-refractivity contribution < 1.29 is 9.46 Å². The molecule has 0 saturated carbocycles. The average molecular weight is 145 g/mol. The van der Waals surface area contributed by atoms with E-state index in [0.717, 1.165) is 0 Å². The van der Waals surface area contributed by atoms with Crippen molar-refractivity contribution in [1.29, 1.82) is 0 Å². The molecule has 0 spiro atoms. The second-order valence-electron chi connectivity index (χ2n) is 0.864. The Balaban J connectivity index is 0. The van der Waals surface area contributed by atoms with E-state index < -0.39 is 8.03 Å². The highest BCUT2D eigenvalue weighted by atomic mass is 35.5. The number of halogens is 1. The predicted molar refractivity (Wildman–Crippen MR) is 31.0 cm³/mol. The normalized spacial score (nSPS) is 9.71. The summed E-state index contributed by atoms with van der Waals surface area (Å²) in [5.41, 5.74) is 4.89. The number of rotatable bonds is 2. The lowest BCUT2D eigenvalue weighted by atomic mass is 10.8. The summed E-state index contributed by atoms with van der Waals surface area (Å²) in [6, 6.07) is 0.